The third-order valence-electron chi connectivity index (χ3n) is 3.13. The Bertz CT molecular complexity index is 569. The number of nitrogens with one attached hydrogen (secondary N) is 1. The normalized spacial score (nSPS) is 23.0. The number of rotatable bonds is 4. The van der Waals surface area contributed by atoms with Gasteiger partial charge in [-0.2, -0.15) is 0 Å². The molecule has 22 heavy (non-hydrogen) atoms. The lowest BCUT2D eigenvalue weighted by molar-refractivity contribution is 0.768. The van der Waals surface area contributed by atoms with Crippen molar-refractivity contribution >= 4 is 5.96 Å². The Morgan fingerprint density at radius 2 is 1.77 bits per heavy atom. The van der Waals surface area contributed by atoms with Crippen molar-refractivity contribution in [2.45, 2.75) is 12.8 Å². The van der Waals surface area contributed by atoms with Crippen molar-refractivity contribution in [2.75, 3.05) is 13.6 Å². The van der Waals surface area contributed by atoms with Crippen LogP contribution in [0.5, 0.6) is 0 Å². The molecule has 1 aliphatic rings. The van der Waals surface area contributed by atoms with Crippen LogP contribution in [-0.4, -0.2) is 19.6 Å². The van der Waals surface area contributed by atoms with Gasteiger partial charge in [-0.3, -0.25) is 4.99 Å². The van der Waals surface area contributed by atoms with Crippen molar-refractivity contribution in [3.63, 3.8) is 0 Å². The Balaban J connectivity index is 2.72. The van der Waals surface area contributed by atoms with Crippen molar-refractivity contribution in [2.24, 2.45) is 10.7 Å². The van der Waals surface area contributed by atoms with Crippen LogP contribution in [0.15, 0.2) is 89.6 Å². The monoisotopic (exact) mass is 295 g/mol. The van der Waals surface area contributed by atoms with Gasteiger partial charge >= 0.3 is 0 Å². The standard InChI is InChI=1S/C19H25N3/c1-16-10-6-4-5-7-12-17(2)18(13-8-11-16)14-9-15-22-19(20)21-3/h4-8,10-13H,1-2,9,14-15H2,3H3,(H3,20,21,22)/b5-4-,10-6?,11-8-,12-7-,18-13-. The summed E-state index contributed by atoms with van der Waals surface area (Å²) >= 11 is 0. The highest BCUT2D eigenvalue weighted by Crippen LogP contribution is 2.16. The maximum absolute atomic E-state index is 5.61. The van der Waals surface area contributed by atoms with E-state index in [4.69, 9.17) is 5.73 Å². The molecule has 3 N–H and O–H groups in total. The molecule has 0 aromatic rings. The molecule has 0 saturated heterocycles. The molecular formula is C19H25N3. The predicted molar refractivity (Wildman–Crippen MR) is 97.7 cm³/mol. The molecule has 0 saturated carbocycles. The molecule has 0 unspecified atom stereocenters. The van der Waals surface area contributed by atoms with Gasteiger partial charge in [0.25, 0.3) is 0 Å². The van der Waals surface area contributed by atoms with Gasteiger partial charge < -0.3 is 11.1 Å². The second-order valence-corrected chi connectivity index (χ2v) is 4.89. The molecule has 0 spiro atoms. The van der Waals surface area contributed by atoms with Gasteiger partial charge in [0.05, 0.1) is 0 Å². The van der Waals surface area contributed by atoms with Gasteiger partial charge in [-0.05, 0) is 29.6 Å². The van der Waals surface area contributed by atoms with Gasteiger partial charge in [-0.15, -0.1) is 0 Å². The molecule has 0 aromatic carbocycles. The lowest BCUT2D eigenvalue weighted by atomic mass is 10.0. The second-order valence-electron chi connectivity index (χ2n) is 4.89. The van der Waals surface area contributed by atoms with Crippen LogP contribution >= 0.6 is 0 Å². The lowest BCUT2D eigenvalue weighted by Gasteiger charge is -2.08. The Morgan fingerprint density at radius 3 is 2.50 bits per heavy atom. The molecule has 0 atom stereocenters. The number of hydrogen-bond acceptors (Lipinski definition) is 1. The lowest BCUT2D eigenvalue weighted by Crippen LogP contribution is -2.32. The number of nitrogens with zero attached hydrogens (tertiary/aromatic N) is 1. The fourth-order valence-corrected chi connectivity index (χ4v) is 1.85. The van der Waals surface area contributed by atoms with E-state index in [0.29, 0.717) is 5.96 Å². The molecule has 0 amide bonds. The zero-order valence-corrected chi connectivity index (χ0v) is 13.3. The summed E-state index contributed by atoms with van der Waals surface area (Å²) in [5.74, 6) is 0.472. The fraction of sp³-hybridized carbons (Fsp3) is 0.211. The average molecular weight is 295 g/mol. The molecular weight excluding hydrogens is 270 g/mol. The van der Waals surface area contributed by atoms with Gasteiger partial charge in [0.2, 0.25) is 0 Å². The van der Waals surface area contributed by atoms with Crippen LogP contribution in [0.4, 0.5) is 0 Å². The first kappa shape index (κ1) is 17.5. The highest BCUT2D eigenvalue weighted by atomic mass is 15.1. The highest BCUT2D eigenvalue weighted by molar-refractivity contribution is 5.77. The minimum Gasteiger partial charge on any atom is -0.370 e. The zero-order valence-electron chi connectivity index (χ0n) is 13.3. The van der Waals surface area contributed by atoms with Gasteiger partial charge in [-0.25, -0.2) is 0 Å². The molecule has 1 rings (SSSR count). The third kappa shape index (κ3) is 7.29. The van der Waals surface area contributed by atoms with Gasteiger partial charge in [0.15, 0.2) is 5.96 Å². The zero-order chi connectivity index (χ0) is 16.2. The SMILES string of the molecule is C=C1C=C/C=C\C=C/C(=C)/C(CCCNC(N)=NC)=C\C=C/1. The predicted octanol–water partition coefficient (Wildman–Crippen LogP) is 3.58. The summed E-state index contributed by atoms with van der Waals surface area (Å²) in [4.78, 5) is 3.87. The van der Waals surface area contributed by atoms with Crippen molar-refractivity contribution in [1.29, 1.82) is 0 Å². The quantitative estimate of drug-likeness (QED) is 0.473. The summed E-state index contributed by atoms with van der Waals surface area (Å²) in [5, 5.41) is 3.06. The van der Waals surface area contributed by atoms with Crippen LogP contribution in [0.3, 0.4) is 0 Å². The third-order valence-corrected chi connectivity index (χ3v) is 3.13. The van der Waals surface area contributed by atoms with E-state index in [1.807, 2.05) is 48.6 Å². The number of aliphatic imine (C=N–C) groups is 1. The van der Waals surface area contributed by atoms with Gasteiger partial charge in [-0.1, -0.05) is 67.8 Å². The summed E-state index contributed by atoms with van der Waals surface area (Å²) in [6.07, 6.45) is 19.9. The van der Waals surface area contributed by atoms with Crippen LogP contribution in [0.25, 0.3) is 0 Å². The summed E-state index contributed by atoms with van der Waals surface area (Å²) in [6.45, 7) is 8.90. The van der Waals surface area contributed by atoms with Gasteiger partial charge in [0.1, 0.15) is 0 Å². The number of guanidine groups is 1. The first-order valence-corrected chi connectivity index (χ1v) is 7.36. The maximum atomic E-state index is 5.61. The highest BCUT2D eigenvalue weighted by Gasteiger charge is 2.00. The van der Waals surface area contributed by atoms with E-state index in [9.17, 15) is 0 Å². The first-order valence-electron chi connectivity index (χ1n) is 7.36. The minimum absolute atomic E-state index is 0.472. The van der Waals surface area contributed by atoms with E-state index in [1.54, 1.807) is 7.05 Å². The number of hydrogen-bond donors (Lipinski definition) is 2. The van der Waals surface area contributed by atoms with Crippen molar-refractivity contribution in [1.82, 2.24) is 5.32 Å². The summed E-state index contributed by atoms with van der Waals surface area (Å²) < 4.78 is 0. The topological polar surface area (TPSA) is 50.4 Å². The van der Waals surface area contributed by atoms with Crippen molar-refractivity contribution < 1.29 is 0 Å². The molecule has 0 aromatic heterocycles. The molecule has 3 nitrogen and oxygen atoms in total. The first-order chi connectivity index (χ1) is 10.6. The Labute approximate surface area is 133 Å². The number of allylic oxidation sites excluding steroid dienone is 12. The van der Waals surface area contributed by atoms with Crippen LogP contribution in [0.1, 0.15) is 12.8 Å². The number of nitrogens with two attached hydrogens (primary N) is 1. The van der Waals surface area contributed by atoms with Crippen molar-refractivity contribution in [3.05, 3.63) is 84.6 Å². The molecule has 0 heterocycles. The van der Waals surface area contributed by atoms with E-state index in [1.165, 1.54) is 5.57 Å². The molecule has 0 radical (unpaired) electrons. The van der Waals surface area contributed by atoms with E-state index < -0.39 is 0 Å². The summed E-state index contributed by atoms with van der Waals surface area (Å²) in [5.41, 5.74) is 8.79. The Hall–Kier alpha value is -2.55. The second kappa shape index (κ2) is 10.2. The Morgan fingerprint density at radius 1 is 1.09 bits per heavy atom. The Kier molecular flexibility index (Phi) is 8.13. The van der Waals surface area contributed by atoms with Crippen LogP contribution in [0.2, 0.25) is 0 Å². The molecule has 116 valence electrons. The van der Waals surface area contributed by atoms with Crippen LogP contribution in [0, 0.1) is 0 Å². The van der Waals surface area contributed by atoms with Crippen LogP contribution in [-0.2, 0) is 0 Å². The van der Waals surface area contributed by atoms with E-state index in [0.717, 1.165) is 30.5 Å². The maximum Gasteiger partial charge on any atom is 0.188 e. The van der Waals surface area contributed by atoms with E-state index in [2.05, 4.69) is 29.5 Å². The minimum atomic E-state index is 0.472. The molecule has 0 fully saturated rings. The summed E-state index contributed by atoms with van der Waals surface area (Å²) in [6, 6.07) is 0. The molecule has 0 aliphatic heterocycles. The smallest absolute Gasteiger partial charge is 0.188 e. The van der Waals surface area contributed by atoms with Crippen molar-refractivity contribution in [3.8, 4) is 0 Å². The average Bonchev–Trinajstić information content (AvgIpc) is 2.51. The van der Waals surface area contributed by atoms with E-state index >= 15 is 0 Å². The van der Waals surface area contributed by atoms with Crippen LogP contribution < -0.4 is 11.1 Å². The molecule has 3 heteroatoms. The fourth-order valence-electron chi connectivity index (χ4n) is 1.85. The molecule has 1 aliphatic carbocycles. The van der Waals surface area contributed by atoms with E-state index in [-0.39, 0.29) is 0 Å². The largest absolute Gasteiger partial charge is 0.370 e. The van der Waals surface area contributed by atoms with Gasteiger partial charge in [0, 0.05) is 13.6 Å². The molecule has 0 bridgehead atoms. The summed E-state index contributed by atoms with van der Waals surface area (Å²) in [7, 11) is 1.67.